The van der Waals surface area contributed by atoms with Crippen LogP contribution >= 0.6 is 0 Å². The SMILES string of the molecule is COC(=O)/C=C\COC(=O)[C@H](O)Cc1ccccc1. The number of aliphatic hydroxyl groups excluding tert-OH is 1. The van der Waals surface area contributed by atoms with E-state index in [1.165, 1.54) is 13.2 Å². The highest BCUT2D eigenvalue weighted by atomic mass is 16.5. The molecule has 0 saturated carbocycles. The third kappa shape index (κ3) is 5.83. The zero-order valence-corrected chi connectivity index (χ0v) is 10.6. The monoisotopic (exact) mass is 264 g/mol. The number of benzene rings is 1. The number of carbonyl (C=O) groups is 2. The molecule has 102 valence electrons. The van der Waals surface area contributed by atoms with Crippen LogP contribution in [0.15, 0.2) is 42.5 Å². The van der Waals surface area contributed by atoms with Crippen LogP contribution in [0.2, 0.25) is 0 Å². The molecule has 1 rings (SSSR count). The van der Waals surface area contributed by atoms with E-state index < -0.39 is 18.0 Å². The molecule has 1 aromatic carbocycles. The summed E-state index contributed by atoms with van der Waals surface area (Å²) in [7, 11) is 1.25. The zero-order chi connectivity index (χ0) is 14.1. The number of rotatable bonds is 6. The number of esters is 2. The Hall–Kier alpha value is -2.14. The van der Waals surface area contributed by atoms with Crippen LogP contribution in [0.4, 0.5) is 0 Å². The number of carbonyl (C=O) groups excluding carboxylic acids is 2. The van der Waals surface area contributed by atoms with Crippen molar-refractivity contribution >= 4 is 11.9 Å². The van der Waals surface area contributed by atoms with Gasteiger partial charge in [-0.05, 0) is 11.6 Å². The summed E-state index contributed by atoms with van der Waals surface area (Å²) in [6.45, 7) is -0.0835. The molecule has 0 heterocycles. The lowest BCUT2D eigenvalue weighted by atomic mass is 10.1. The maximum atomic E-state index is 11.4. The zero-order valence-electron chi connectivity index (χ0n) is 10.6. The fourth-order valence-corrected chi connectivity index (χ4v) is 1.36. The fourth-order valence-electron chi connectivity index (χ4n) is 1.36. The molecular formula is C14H16O5. The van der Waals surface area contributed by atoms with E-state index in [1.54, 1.807) is 0 Å². The lowest BCUT2D eigenvalue weighted by Crippen LogP contribution is -2.25. The van der Waals surface area contributed by atoms with Gasteiger partial charge in [-0.15, -0.1) is 0 Å². The van der Waals surface area contributed by atoms with Gasteiger partial charge in [0.1, 0.15) is 6.61 Å². The first-order chi connectivity index (χ1) is 9.13. The Morgan fingerprint density at radius 3 is 2.63 bits per heavy atom. The first kappa shape index (κ1) is 14.9. The van der Waals surface area contributed by atoms with E-state index in [4.69, 9.17) is 4.74 Å². The molecule has 5 heteroatoms. The van der Waals surface area contributed by atoms with Crippen LogP contribution in [0.3, 0.4) is 0 Å². The van der Waals surface area contributed by atoms with E-state index in [0.29, 0.717) is 0 Å². The van der Waals surface area contributed by atoms with Gasteiger partial charge in [0.25, 0.3) is 0 Å². The molecule has 0 bridgehead atoms. The standard InChI is InChI=1S/C14H16O5/c1-18-13(16)8-5-9-19-14(17)12(15)10-11-6-3-2-4-7-11/h2-8,12,15H,9-10H2,1H3/b8-5-/t12-/m1/s1. The first-order valence-electron chi connectivity index (χ1n) is 5.76. The third-order valence-corrected chi connectivity index (χ3v) is 2.32. The van der Waals surface area contributed by atoms with E-state index in [1.807, 2.05) is 30.3 Å². The Bertz CT molecular complexity index is 438. The van der Waals surface area contributed by atoms with E-state index >= 15 is 0 Å². The molecule has 0 aromatic heterocycles. The molecule has 19 heavy (non-hydrogen) atoms. The van der Waals surface area contributed by atoms with Crippen LogP contribution in [0, 0.1) is 0 Å². The molecule has 0 aliphatic rings. The lowest BCUT2D eigenvalue weighted by molar-refractivity contribution is -0.152. The lowest BCUT2D eigenvalue weighted by Gasteiger charge is -2.09. The predicted octanol–water partition coefficient (Wildman–Crippen LogP) is 0.862. The van der Waals surface area contributed by atoms with Gasteiger partial charge in [0, 0.05) is 12.5 Å². The highest BCUT2D eigenvalue weighted by Crippen LogP contribution is 2.04. The molecule has 0 spiro atoms. The average Bonchev–Trinajstić information content (AvgIpc) is 2.44. The molecule has 0 radical (unpaired) electrons. The van der Waals surface area contributed by atoms with E-state index in [0.717, 1.165) is 11.6 Å². The molecular weight excluding hydrogens is 248 g/mol. The van der Waals surface area contributed by atoms with Gasteiger partial charge in [-0.1, -0.05) is 30.3 Å². The van der Waals surface area contributed by atoms with Crippen molar-refractivity contribution < 1.29 is 24.2 Å². The second-order valence-corrected chi connectivity index (χ2v) is 3.76. The summed E-state index contributed by atoms with van der Waals surface area (Å²) in [4.78, 5) is 22.2. The quantitative estimate of drug-likeness (QED) is 0.609. The number of methoxy groups -OCH3 is 1. The summed E-state index contributed by atoms with van der Waals surface area (Å²) in [5, 5.41) is 9.64. The van der Waals surface area contributed by atoms with Crippen LogP contribution in [0.5, 0.6) is 0 Å². The van der Waals surface area contributed by atoms with Gasteiger partial charge in [0.2, 0.25) is 0 Å². The predicted molar refractivity (Wildman–Crippen MR) is 68.3 cm³/mol. The maximum Gasteiger partial charge on any atom is 0.335 e. The van der Waals surface area contributed by atoms with Crippen LogP contribution in [0.1, 0.15) is 5.56 Å². The number of hydrogen-bond acceptors (Lipinski definition) is 5. The van der Waals surface area contributed by atoms with E-state index in [9.17, 15) is 14.7 Å². The van der Waals surface area contributed by atoms with Crippen LogP contribution in [-0.2, 0) is 25.5 Å². The molecule has 0 saturated heterocycles. The largest absolute Gasteiger partial charge is 0.466 e. The van der Waals surface area contributed by atoms with E-state index in [2.05, 4.69) is 4.74 Å². The summed E-state index contributed by atoms with van der Waals surface area (Å²) < 4.78 is 9.16. The highest BCUT2D eigenvalue weighted by molar-refractivity contribution is 5.81. The minimum absolute atomic E-state index is 0.0835. The summed E-state index contributed by atoms with van der Waals surface area (Å²) in [6.07, 6.45) is 1.48. The van der Waals surface area contributed by atoms with Gasteiger partial charge in [0.05, 0.1) is 7.11 Å². The number of aliphatic hydroxyl groups is 1. The highest BCUT2D eigenvalue weighted by Gasteiger charge is 2.16. The number of ether oxygens (including phenoxy) is 2. The van der Waals surface area contributed by atoms with Gasteiger partial charge < -0.3 is 14.6 Å². The molecule has 5 nitrogen and oxygen atoms in total. The van der Waals surface area contributed by atoms with Crippen molar-refractivity contribution in [3.63, 3.8) is 0 Å². The molecule has 0 unspecified atom stereocenters. The van der Waals surface area contributed by atoms with Crippen molar-refractivity contribution in [3.8, 4) is 0 Å². The fraction of sp³-hybridized carbons (Fsp3) is 0.286. The van der Waals surface area contributed by atoms with Gasteiger partial charge in [-0.3, -0.25) is 0 Å². The molecule has 0 aliphatic carbocycles. The van der Waals surface area contributed by atoms with Gasteiger partial charge >= 0.3 is 11.9 Å². The van der Waals surface area contributed by atoms with Crippen molar-refractivity contribution in [2.24, 2.45) is 0 Å². The first-order valence-corrected chi connectivity index (χ1v) is 5.76. The molecule has 0 fully saturated rings. The summed E-state index contributed by atoms with van der Waals surface area (Å²) >= 11 is 0. The Balaban J connectivity index is 2.33. The Morgan fingerprint density at radius 1 is 1.32 bits per heavy atom. The van der Waals surface area contributed by atoms with Crippen molar-refractivity contribution in [2.45, 2.75) is 12.5 Å². The summed E-state index contributed by atoms with van der Waals surface area (Å²) in [6, 6.07) is 9.13. The van der Waals surface area contributed by atoms with E-state index in [-0.39, 0.29) is 13.0 Å². The molecule has 0 aliphatic heterocycles. The normalized spacial score (nSPS) is 12.1. The Labute approximate surface area is 111 Å². The molecule has 1 N–H and O–H groups in total. The average molecular weight is 264 g/mol. The van der Waals surface area contributed by atoms with Crippen LogP contribution < -0.4 is 0 Å². The molecule has 0 amide bonds. The minimum Gasteiger partial charge on any atom is -0.466 e. The van der Waals surface area contributed by atoms with Gasteiger partial charge in [0.15, 0.2) is 6.10 Å². The smallest absolute Gasteiger partial charge is 0.335 e. The van der Waals surface area contributed by atoms with Crippen LogP contribution in [0.25, 0.3) is 0 Å². The summed E-state index contributed by atoms with van der Waals surface area (Å²) in [5.74, 6) is -1.25. The number of hydrogen-bond donors (Lipinski definition) is 1. The topological polar surface area (TPSA) is 72.8 Å². The van der Waals surface area contributed by atoms with Gasteiger partial charge in [-0.25, -0.2) is 9.59 Å². The molecule has 1 atom stereocenters. The Kier molecular flexibility index (Phi) is 6.32. The van der Waals surface area contributed by atoms with Crippen LogP contribution in [-0.4, -0.2) is 36.9 Å². The van der Waals surface area contributed by atoms with Gasteiger partial charge in [-0.2, -0.15) is 0 Å². The van der Waals surface area contributed by atoms with Crippen molar-refractivity contribution in [3.05, 3.63) is 48.0 Å². The second-order valence-electron chi connectivity index (χ2n) is 3.76. The second kappa shape index (κ2) is 8.05. The van der Waals surface area contributed by atoms with Crippen molar-refractivity contribution in [1.82, 2.24) is 0 Å². The minimum atomic E-state index is -1.21. The summed E-state index contributed by atoms with van der Waals surface area (Å²) in [5.41, 5.74) is 0.844. The van der Waals surface area contributed by atoms with Crippen molar-refractivity contribution in [1.29, 1.82) is 0 Å². The molecule has 1 aromatic rings. The maximum absolute atomic E-state index is 11.4. The van der Waals surface area contributed by atoms with Crippen molar-refractivity contribution in [2.75, 3.05) is 13.7 Å². The third-order valence-electron chi connectivity index (χ3n) is 2.32. The Morgan fingerprint density at radius 2 is 2.00 bits per heavy atom.